The summed E-state index contributed by atoms with van der Waals surface area (Å²) in [5.41, 5.74) is 0.938. The summed E-state index contributed by atoms with van der Waals surface area (Å²) in [6.45, 7) is 1.63. The summed E-state index contributed by atoms with van der Waals surface area (Å²) < 4.78 is 4.49. The lowest BCUT2D eigenvalue weighted by Crippen LogP contribution is -2.04. The number of hydrogen-bond donors (Lipinski definition) is 1. The second kappa shape index (κ2) is 3.79. The van der Waals surface area contributed by atoms with Crippen LogP contribution in [0.5, 0.6) is 5.75 Å². The van der Waals surface area contributed by atoms with Crippen molar-refractivity contribution >= 4 is 5.97 Å². The van der Waals surface area contributed by atoms with E-state index in [1.807, 2.05) is 6.07 Å². The van der Waals surface area contributed by atoms with Crippen molar-refractivity contribution < 1.29 is 14.6 Å². The molecule has 0 atom stereocenters. The van der Waals surface area contributed by atoms with E-state index in [2.05, 4.69) is 4.74 Å². The fourth-order valence-electron chi connectivity index (χ4n) is 1.20. The third kappa shape index (κ3) is 1.67. The second-order valence-electron chi connectivity index (χ2n) is 2.79. The number of benzene rings is 1. The number of phenols is 1. The Morgan fingerprint density at radius 3 is 2.64 bits per heavy atom. The van der Waals surface area contributed by atoms with Crippen molar-refractivity contribution in [2.75, 3.05) is 7.11 Å². The number of aryl methyl sites for hydroxylation is 1. The lowest BCUT2D eigenvalue weighted by molar-refractivity contribution is 0.0596. The van der Waals surface area contributed by atoms with Crippen molar-refractivity contribution in [1.82, 2.24) is 0 Å². The van der Waals surface area contributed by atoms with Crippen LogP contribution in [0, 0.1) is 18.3 Å². The molecule has 4 heteroatoms. The molecule has 1 aromatic rings. The highest BCUT2D eigenvalue weighted by Gasteiger charge is 2.15. The topological polar surface area (TPSA) is 70.3 Å². The Bertz CT molecular complexity index is 395. The third-order valence-electron chi connectivity index (χ3n) is 1.83. The Hall–Kier alpha value is -2.02. The van der Waals surface area contributed by atoms with Gasteiger partial charge in [0, 0.05) is 0 Å². The number of carbonyl (C=O) groups is 1. The summed E-state index contributed by atoms with van der Waals surface area (Å²) in [7, 11) is 1.24. The van der Waals surface area contributed by atoms with E-state index in [-0.39, 0.29) is 11.3 Å². The molecule has 0 radical (unpaired) electrons. The van der Waals surface area contributed by atoms with Crippen molar-refractivity contribution in [3.8, 4) is 11.8 Å². The van der Waals surface area contributed by atoms with Crippen molar-refractivity contribution in [3.63, 3.8) is 0 Å². The molecule has 0 amide bonds. The van der Waals surface area contributed by atoms with Gasteiger partial charge in [-0.25, -0.2) is 4.79 Å². The number of methoxy groups -OCH3 is 1. The van der Waals surface area contributed by atoms with Crippen molar-refractivity contribution in [2.24, 2.45) is 0 Å². The second-order valence-corrected chi connectivity index (χ2v) is 2.79. The lowest BCUT2D eigenvalue weighted by Gasteiger charge is -2.06. The van der Waals surface area contributed by atoms with E-state index in [1.54, 1.807) is 6.92 Å². The molecule has 0 aromatic heterocycles. The number of phenolic OH excluding ortho intramolecular Hbond substituents is 1. The monoisotopic (exact) mass is 191 g/mol. The van der Waals surface area contributed by atoms with E-state index in [0.29, 0.717) is 11.1 Å². The van der Waals surface area contributed by atoms with E-state index in [4.69, 9.17) is 5.26 Å². The Morgan fingerprint density at radius 1 is 1.57 bits per heavy atom. The molecule has 0 heterocycles. The normalized spacial score (nSPS) is 9.21. The minimum absolute atomic E-state index is 0.103. The van der Waals surface area contributed by atoms with Crippen LogP contribution in [0.1, 0.15) is 21.5 Å². The van der Waals surface area contributed by atoms with Crippen LogP contribution in [0.4, 0.5) is 0 Å². The van der Waals surface area contributed by atoms with Gasteiger partial charge in [-0.3, -0.25) is 0 Å². The van der Waals surface area contributed by atoms with E-state index in [9.17, 15) is 9.90 Å². The SMILES string of the molecule is COC(=O)c1c(C)cc(C#N)cc1O. The number of nitriles is 1. The standard InChI is InChI=1S/C10H9NO3/c1-6-3-7(5-11)4-8(12)9(6)10(13)14-2/h3-4,12H,1-2H3. The lowest BCUT2D eigenvalue weighted by atomic mass is 10.0. The molecule has 0 unspecified atom stereocenters. The molecule has 0 aliphatic carbocycles. The van der Waals surface area contributed by atoms with Gasteiger partial charge < -0.3 is 9.84 Å². The van der Waals surface area contributed by atoms with Gasteiger partial charge in [-0.15, -0.1) is 0 Å². The first-order chi connectivity index (χ1) is 6.60. The van der Waals surface area contributed by atoms with Gasteiger partial charge in [-0.05, 0) is 24.6 Å². The van der Waals surface area contributed by atoms with Gasteiger partial charge >= 0.3 is 5.97 Å². The highest BCUT2D eigenvalue weighted by molar-refractivity contribution is 5.94. The number of carbonyl (C=O) groups excluding carboxylic acids is 1. The molecule has 0 spiro atoms. The Kier molecular flexibility index (Phi) is 2.73. The van der Waals surface area contributed by atoms with Gasteiger partial charge in [0.1, 0.15) is 11.3 Å². The number of rotatable bonds is 1. The van der Waals surface area contributed by atoms with Gasteiger partial charge in [-0.1, -0.05) is 0 Å². The molecule has 0 bridgehead atoms. The Labute approximate surface area is 81.4 Å². The van der Waals surface area contributed by atoms with Crippen LogP contribution in [-0.2, 0) is 4.74 Å². The first kappa shape index (κ1) is 10.1. The summed E-state index contributed by atoms with van der Waals surface area (Å²) in [4.78, 5) is 11.2. The first-order valence-corrected chi connectivity index (χ1v) is 3.92. The van der Waals surface area contributed by atoms with Gasteiger partial charge in [0.2, 0.25) is 0 Å². The number of nitrogens with zero attached hydrogens (tertiary/aromatic N) is 1. The summed E-state index contributed by atoms with van der Waals surface area (Å²) in [5.74, 6) is -0.835. The number of esters is 1. The van der Waals surface area contributed by atoms with Crippen molar-refractivity contribution in [3.05, 3.63) is 28.8 Å². The fraction of sp³-hybridized carbons (Fsp3) is 0.200. The highest BCUT2D eigenvalue weighted by Crippen LogP contribution is 2.23. The maximum absolute atomic E-state index is 11.2. The quantitative estimate of drug-likeness (QED) is 0.680. The number of hydrogen-bond acceptors (Lipinski definition) is 4. The Balaban J connectivity index is 3.34. The third-order valence-corrected chi connectivity index (χ3v) is 1.83. The molecule has 4 nitrogen and oxygen atoms in total. The van der Waals surface area contributed by atoms with Crippen LogP contribution in [0.2, 0.25) is 0 Å². The molecule has 0 saturated heterocycles. The Morgan fingerprint density at radius 2 is 2.21 bits per heavy atom. The van der Waals surface area contributed by atoms with Gasteiger partial charge in [-0.2, -0.15) is 5.26 Å². The summed E-state index contributed by atoms with van der Waals surface area (Å²) in [5, 5.41) is 18.0. The molecule has 0 saturated carbocycles. The molecule has 1 N–H and O–H groups in total. The van der Waals surface area contributed by atoms with Crippen LogP contribution in [-0.4, -0.2) is 18.2 Å². The van der Waals surface area contributed by atoms with Crippen LogP contribution >= 0.6 is 0 Å². The minimum atomic E-state index is -0.607. The fourth-order valence-corrected chi connectivity index (χ4v) is 1.20. The molecule has 14 heavy (non-hydrogen) atoms. The molecule has 72 valence electrons. The predicted molar refractivity (Wildman–Crippen MR) is 48.9 cm³/mol. The molecule has 0 fully saturated rings. The van der Waals surface area contributed by atoms with E-state index < -0.39 is 5.97 Å². The molecule has 1 aromatic carbocycles. The van der Waals surface area contributed by atoms with Gasteiger partial charge in [0.05, 0.1) is 18.7 Å². The van der Waals surface area contributed by atoms with E-state index in [0.717, 1.165) is 0 Å². The zero-order chi connectivity index (χ0) is 10.7. The number of ether oxygens (including phenoxy) is 1. The summed E-state index contributed by atoms with van der Waals surface area (Å²) >= 11 is 0. The van der Waals surface area contributed by atoms with Crippen LogP contribution in [0.15, 0.2) is 12.1 Å². The van der Waals surface area contributed by atoms with E-state index >= 15 is 0 Å². The van der Waals surface area contributed by atoms with Gasteiger partial charge in [0.25, 0.3) is 0 Å². The zero-order valence-electron chi connectivity index (χ0n) is 7.87. The molecule has 0 aliphatic heterocycles. The van der Waals surface area contributed by atoms with Crippen LogP contribution in [0.25, 0.3) is 0 Å². The zero-order valence-corrected chi connectivity index (χ0v) is 7.87. The maximum atomic E-state index is 11.2. The van der Waals surface area contributed by atoms with Crippen LogP contribution in [0.3, 0.4) is 0 Å². The van der Waals surface area contributed by atoms with Crippen LogP contribution < -0.4 is 0 Å². The maximum Gasteiger partial charge on any atom is 0.341 e. The predicted octanol–water partition coefficient (Wildman–Crippen LogP) is 1.36. The average molecular weight is 191 g/mol. The summed E-state index contributed by atoms with van der Waals surface area (Å²) in [6.07, 6.45) is 0. The number of aromatic hydroxyl groups is 1. The smallest absolute Gasteiger partial charge is 0.341 e. The molecular formula is C10H9NO3. The van der Waals surface area contributed by atoms with Crippen molar-refractivity contribution in [1.29, 1.82) is 5.26 Å². The van der Waals surface area contributed by atoms with Crippen molar-refractivity contribution in [2.45, 2.75) is 6.92 Å². The van der Waals surface area contributed by atoms with Gasteiger partial charge in [0.15, 0.2) is 0 Å². The highest BCUT2D eigenvalue weighted by atomic mass is 16.5. The largest absolute Gasteiger partial charge is 0.507 e. The summed E-state index contributed by atoms with van der Waals surface area (Å²) in [6, 6.07) is 4.64. The van der Waals surface area contributed by atoms with E-state index in [1.165, 1.54) is 19.2 Å². The molecular weight excluding hydrogens is 182 g/mol. The molecule has 0 aliphatic rings. The minimum Gasteiger partial charge on any atom is -0.507 e. The molecule has 1 rings (SSSR count). The first-order valence-electron chi connectivity index (χ1n) is 3.92. The average Bonchev–Trinajstić information content (AvgIpc) is 2.16.